The Bertz CT molecular complexity index is 6220. The van der Waals surface area contributed by atoms with Crippen LogP contribution in [-0.4, -0.2) is 92.7 Å². The van der Waals surface area contributed by atoms with Gasteiger partial charge in [-0.15, -0.1) is 0 Å². The minimum Gasteiger partial charge on any atom is -0.492 e. The molecule has 2 aliphatic rings. The highest BCUT2D eigenvalue weighted by Crippen LogP contribution is 2.64. The lowest BCUT2D eigenvalue weighted by Crippen LogP contribution is -2.08. The number of nitrogens with zero attached hydrogens (tertiary/aromatic N) is 6. The first-order valence-electron chi connectivity index (χ1n) is 50.7. The normalized spacial score (nSPS) is 11.9. The van der Waals surface area contributed by atoms with Crippen molar-refractivity contribution in [2.45, 2.75) is 240 Å². The van der Waals surface area contributed by atoms with E-state index in [-0.39, 0.29) is 70.6 Å². The van der Waals surface area contributed by atoms with Gasteiger partial charge >= 0.3 is 0 Å². The van der Waals surface area contributed by atoms with Gasteiger partial charge < -0.3 is 47.9 Å². The number of ether oxygens (including phenoxy) is 8. The van der Waals surface area contributed by atoms with E-state index >= 15 is 0 Å². The Hall–Kier alpha value is -10.8. The van der Waals surface area contributed by atoms with Crippen molar-refractivity contribution in [1.29, 1.82) is 0 Å². The van der Waals surface area contributed by atoms with Crippen molar-refractivity contribution >= 4 is 138 Å². The van der Waals surface area contributed by atoms with E-state index in [0.29, 0.717) is 191 Å². The molecule has 0 radical (unpaired) electrons. The fraction of sp³-hybridized carbons (Fsp3) is 0.333. The Morgan fingerprint density at radius 3 is 0.451 bits per heavy atom. The zero-order valence-corrected chi connectivity index (χ0v) is 91.8. The molecule has 144 heavy (non-hydrogen) atoms. The molecule has 15 aromatic rings. The predicted molar refractivity (Wildman–Crippen MR) is 600 cm³/mol. The second-order valence-corrected chi connectivity index (χ2v) is 48.1. The molecule has 24 heteroatoms. The molecule has 0 aliphatic carbocycles. The van der Waals surface area contributed by atoms with E-state index in [1.54, 1.807) is 94.1 Å². The summed E-state index contributed by atoms with van der Waals surface area (Å²) < 4.78 is 62.8. The van der Waals surface area contributed by atoms with Crippen LogP contribution in [0.4, 0.5) is 0 Å². The Balaban J connectivity index is 1.19. The summed E-state index contributed by atoms with van der Waals surface area (Å²) in [4.78, 5) is 60.4. The molecule has 12 aromatic carbocycles. The number of rotatable bonds is 48. The molecule has 0 amide bonds. The molecule has 5 heterocycles. The molecular formula is C120H130N8O8S8. The highest BCUT2D eigenvalue weighted by molar-refractivity contribution is 8.04. The summed E-state index contributed by atoms with van der Waals surface area (Å²) >= 11 is 13.1. The molecular weight excluding hydrogens is 1940 g/mol. The van der Waals surface area contributed by atoms with E-state index in [1.807, 2.05) is 0 Å². The molecule has 0 unspecified atom stereocenters. The summed E-state index contributed by atoms with van der Waals surface area (Å²) in [5.41, 5.74) is 3.78. The van der Waals surface area contributed by atoms with Gasteiger partial charge in [0.15, 0.2) is 23.3 Å². The first kappa shape index (κ1) is 105. The van der Waals surface area contributed by atoms with Gasteiger partial charge in [-0.05, 0) is 196 Å². The number of hydrogen-bond acceptors (Lipinski definition) is 22. The van der Waals surface area contributed by atoms with E-state index < -0.39 is 0 Å². The topological polar surface area (TPSA) is 183 Å². The van der Waals surface area contributed by atoms with Gasteiger partial charge in [-0.25, -0.2) is 29.9 Å². The quantitative estimate of drug-likeness (QED) is 0.0367. The van der Waals surface area contributed by atoms with Crippen LogP contribution in [0.2, 0.25) is 0 Å². The minimum atomic E-state index is 0.249. The molecule has 746 valence electrons. The van der Waals surface area contributed by atoms with E-state index in [9.17, 15) is 0 Å². The fourth-order valence-electron chi connectivity index (χ4n) is 16.2. The smallest absolute Gasteiger partial charge is 0.168 e. The lowest BCUT2D eigenvalue weighted by Gasteiger charge is -2.23. The van der Waals surface area contributed by atoms with Gasteiger partial charge in [0.25, 0.3) is 0 Å². The van der Waals surface area contributed by atoms with Gasteiger partial charge in [0.1, 0.15) is 68.6 Å². The van der Waals surface area contributed by atoms with Crippen LogP contribution in [0.25, 0.3) is 89.7 Å². The van der Waals surface area contributed by atoms with Crippen LogP contribution < -0.4 is 37.9 Å². The van der Waals surface area contributed by atoms with Crippen LogP contribution in [0.5, 0.6) is 46.0 Å². The van der Waals surface area contributed by atoms with Crippen LogP contribution in [0.15, 0.2) is 321 Å². The van der Waals surface area contributed by atoms with Crippen molar-refractivity contribution in [3.05, 3.63) is 243 Å². The molecule has 2 N–H and O–H groups in total. The van der Waals surface area contributed by atoms with Crippen molar-refractivity contribution in [2.75, 3.05) is 52.9 Å². The van der Waals surface area contributed by atoms with Gasteiger partial charge in [0, 0.05) is 39.2 Å². The summed E-state index contributed by atoms with van der Waals surface area (Å²) in [5, 5.41) is 2.41. The Morgan fingerprint density at radius 1 is 0.181 bits per heavy atom. The van der Waals surface area contributed by atoms with Crippen molar-refractivity contribution in [3.8, 4) is 91.5 Å². The lowest BCUT2D eigenvalue weighted by molar-refractivity contribution is 0.272. The average Bonchev–Trinajstić information content (AvgIpc) is 1.55. The molecule has 16 nitrogen and oxygen atoms in total. The molecule has 0 atom stereocenters. The molecule has 0 fully saturated rings. The standard InChI is InChI=1S/C120H130N8O8S8/c1-73(2)57-65-129-97-89-90(98(130-66-58-74(3)4)106(138-82-43-27-18-28-44-82)105(97)137-81-41-25-17-26-42-81)114-121-113(89)125-115-91-92(100(132-68-60-76(7)8)108(140-84-47-31-20-32-48-84)107(99(91)131-67-59-75(5)6)139-83-45-29-19-30-46-83)117(122-115)127-119-95-96(104(136-72-64-80(15)16)112(144-88-55-39-24-40-56-88)111(103(95)135-71-63-79(13)14)143-87-53-37-23-38-54-87)120(124-119)128-118-94-93(116(123-118)126-114)101(133-69-61-77(9)10)109(141-85-49-33-21-34-50-85)110(102(94)134-70-62-78(11)12)142-86-51-35-22-36-52-86/h17-56,73-80H,57-72H2,1-16H3,(H2,121,122,123,124,125,126,127,128). The lowest BCUT2D eigenvalue weighted by atomic mass is 10.0. The summed E-state index contributed by atoms with van der Waals surface area (Å²) in [6.45, 7) is 38.5. The van der Waals surface area contributed by atoms with Crippen LogP contribution in [0, 0.1) is 47.3 Å². The Labute approximate surface area is 883 Å². The second-order valence-electron chi connectivity index (χ2n) is 39.4. The maximum Gasteiger partial charge on any atom is 0.168 e. The van der Waals surface area contributed by atoms with Crippen LogP contribution in [0.3, 0.4) is 0 Å². The average molecular weight is 2070 g/mol. The van der Waals surface area contributed by atoms with Gasteiger partial charge in [0.05, 0.1) is 136 Å². The van der Waals surface area contributed by atoms with Crippen molar-refractivity contribution in [3.63, 3.8) is 0 Å². The molecule has 3 aromatic heterocycles. The molecule has 0 saturated carbocycles. The zero-order chi connectivity index (χ0) is 100. The summed E-state index contributed by atoms with van der Waals surface area (Å²) in [7, 11) is 0. The minimum absolute atomic E-state index is 0.249. The van der Waals surface area contributed by atoms with E-state index in [2.05, 4.69) is 363 Å². The van der Waals surface area contributed by atoms with Crippen molar-refractivity contribution in [1.82, 2.24) is 39.9 Å². The number of fused-ring (bicyclic) bond motifs is 20. The van der Waals surface area contributed by atoms with E-state index in [4.69, 9.17) is 67.8 Å². The summed E-state index contributed by atoms with van der Waals surface area (Å²) in [5.74, 6) is 7.67. The summed E-state index contributed by atoms with van der Waals surface area (Å²) in [6.07, 6.45) is 5.74. The maximum atomic E-state index is 7.85. The monoisotopic (exact) mass is 2070 g/mol. The number of H-pyrrole nitrogens is 2. The third-order valence-corrected chi connectivity index (χ3v) is 33.5. The number of hydrogen-bond donors (Lipinski definition) is 2. The third kappa shape index (κ3) is 25.9. The molecule has 2 aliphatic heterocycles. The van der Waals surface area contributed by atoms with E-state index in [1.165, 1.54) is 0 Å². The molecule has 17 rings (SSSR count). The predicted octanol–water partition coefficient (Wildman–Crippen LogP) is 35.5. The van der Waals surface area contributed by atoms with Crippen molar-refractivity contribution in [2.24, 2.45) is 47.3 Å². The Morgan fingerprint density at radius 2 is 0.312 bits per heavy atom. The van der Waals surface area contributed by atoms with E-state index in [0.717, 1.165) is 104 Å². The first-order chi connectivity index (χ1) is 70.0. The number of aromatic nitrogens is 8. The number of nitrogens with one attached hydrogen (secondary N) is 2. The number of aromatic amines is 2. The highest BCUT2D eigenvalue weighted by atomic mass is 32.2. The van der Waals surface area contributed by atoms with Crippen LogP contribution >= 0.6 is 94.1 Å². The maximum absolute atomic E-state index is 7.85. The highest BCUT2D eigenvalue weighted by Gasteiger charge is 2.41. The molecule has 0 spiro atoms. The van der Waals surface area contributed by atoms with Crippen molar-refractivity contribution < 1.29 is 37.9 Å². The van der Waals surface area contributed by atoms with Gasteiger partial charge in [-0.2, -0.15) is 0 Å². The SMILES string of the molecule is CC(C)CCOc1c(Sc2ccccc2)c(Sc2ccccc2)c(OCCC(C)C)c2c1-c1nc-2nc2[nH]c(nc3nc(nc4[nH]c(n1)c1c(OCCC(C)C)c(Sc5ccccc5)c(Sc5ccccc5)c(OCCC(C)C)c41)-c1c(OCCC(C)C)c(Sc4ccccc4)c(Sc4ccccc4)c(OCCC(C)C)c1-3)c1c(OCCC(C)C)c(Sc3ccccc3)c(Sc3ccccc3)c(OCCC(C)C)c21. The Kier molecular flexibility index (Phi) is 36.4. The van der Waals surface area contributed by atoms with Gasteiger partial charge in [0.2, 0.25) is 0 Å². The molecule has 8 bridgehead atoms. The van der Waals surface area contributed by atoms with Crippen LogP contribution in [-0.2, 0) is 0 Å². The third-order valence-electron chi connectivity index (χ3n) is 24.1. The largest absolute Gasteiger partial charge is 0.492 e. The fourth-order valence-corrected chi connectivity index (χ4v) is 25.0. The number of benzene rings is 12. The molecule has 0 saturated heterocycles. The first-order valence-corrected chi connectivity index (χ1v) is 57.2. The van der Waals surface area contributed by atoms with Crippen LogP contribution in [0.1, 0.15) is 162 Å². The second kappa shape index (κ2) is 50.1. The zero-order valence-electron chi connectivity index (χ0n) is 85.2. The van der Waals surface area contributed by atoms with Gasteiger partial charge in [-0.3, -0.25) is 0 Å². The summed E-state index contributed by atoms with van der Waals surface area (Å²) in [6, 6.07) is 84.6. The van der Waals surface area contributed by atoms with Gasteiger partial charge in [-0.1, -0.05) is 350 Å².